The second-order valence-electron chi connectivity index (χ2n) is 6.00. The van der Waals surface area contributed by atoms with Crippen molar-refractivity contribution in [3.8, 4) is 0 Å². The van der Waals surface area contributed by atoms with E-state index in [-0.39, 0.29) is 6.04 Å². The van der Waals surface area contributed by atoms with Crippen LogP contribution < -0.4 is 10.5 Å². The molecule has 1 heterocycles. The number of nitrogens with two attached hydrogens (primary N) is 1. The normalized spacial score (nSPS) is 17.4. The van der Waals surface area contributed by atoms with Crippen molar-refractivity contribution in [3.63, 3.8) is 0 Å². The molecule has 5 nitrogen and oxygen atoms in total. The molecule has 1 unspecified atom stereocenters. The molecule has 0 amide bonds. The van der Waals surface area contributed by atoms with E-state index >= 15 is 0 Å². The molecule has 3 N–H and O–H groups in total. The molecule has 1 atom stereocenters. The number of nitrogens with zero attached hydrogens (tertiary/aromatic N) is 1. The predicted molar refractivity (Wildman–Crippen MR) is 84.4 cm³/mol. The highest BCUT2D eigenvalue weighted by molar-refractivity contribution is 7.89. The van der Waals surface area contributed by atoms with Gasteiger partial charge in [0.2, 0.25) is 10.0 Å². The molecule has 6 heteroatoms. The Kier molecular flexibility index (Phi) is 5.11. The minimum absolute atomic E-state index is 0.0596. The largest absolute Gasteiger partial charge is 0.346 e. The van der Waals surface area contributed by atoms with Crippen LogP contribution in [0.5, 0.6) is 0 Å². The van der Waals surface area contributed by atoms with Gasteiger partial charge in [-0.05, 0) is 31.7 Å². The number of rotatable bonds is 8. The number of sulfonamides is 1. The molecule has 1 saturated carbocycles. The van der Waals surface area contributed by atoms with Crippen molar-refractivity contribution in [2.45, 2.75) is 70.0 Å². The summed E-state index contributed by atoms with van der Waals surface area (Å²) in [5, 5.41) is 0. The van der Waals surface area contributed by atoms with E-state index in [1.165, 1.54) is 0 Å². The van der Waals surface area contributed by atoms with Gasteiger partial charge < -0.3 is 10.3 Å². The topological polar surface area (TPSA) is 77.1 Å². The monoisotopic (exact) mass is 313 g/mol. The van der Waals surface area contributed by atoms with Gasteiger partial charge in [0, 0.05) is 30.5 Å². The summed E-state index contributed by atoms with van der Waals surface area (Å²) in [4.78, 5) is 0.340. The average molecular weight is 313 g/mol. The maximum Gasteiger partial charge on any atom is 0.242 e. The molecule has 1 aliphatic rings. The Bertz CT molecular complexity index is 572. The van der Waals surface area contributed by atoms with E-state index in [9.17, 15) is 8.42 Å². The number of aromatic nitrogens is 1. The van der Waals surface area contributed by atoms with Gasteiger partial charge in [-0.2, -0.15) is 0 Å². The molecule has 1 aliphatic carbocycles. The average Bonchev–Trinajstić information content (AvgIpc) is 3.18. The summed E-state index contributed by atoms with van der Waals surface area (Å²) in [5.74, 6) is 0.360. The molecule has 0 saturated heterocycles. The zero-order chi connectivity index (χ0) is 15.6. The van der Waals surface area contributed by atoms with E-state index in [0.717, 1.165) is 31.4 Å². The van der Waals surface area contributed by atoms with Crippen LogP contribution in [-0.2, 0) is 16.6 Å². The molecule has 0 bridgehead atoms. The van der Waals surface area contributed by atoms with Gasteiger partial charge in [-0.15, -0.1) is 0 Å². The van der Waals surface area contributed by atoms with Crippen LogP contribution in [0, 0.1) is 5.92 Å². The first-order chi connectivity index (χ1) is 9.92. The molecule has 21 heavy (non-hydrogen) atoms. The van der Waals surface area contributed by atoms with Crippen LogP contribution in [0.1, 0.15) is 58.2 Å². The Morgan fingerprint density at radius 1 is 1.38 bits per heavy atom. The second-order valence-corrected chi connectivity index (χ2v) is 7.71. The van der Waals surface area contributed by atoms with E-state index in [2.05, 4.69) is 18.6 Å². The Morgan fingerprint density at radius 3 is 2.48 bits per heavy atom. The van der Waals surface area contributed by atoms with Crippen LogP contribution in [0.2, 0.25) is 0 Å². The van der Waals surface area contributed by atoms with E-state index < -0.39 is 10.0 Å². The smallest absolute Gasteiger partial charge is 0.242 e. The van der Waals surface area contributed by atoms with Gasteiger partial charge in [0.25, 0.3) is 0 Å². The summed E-state index contributed by atoms with van der Waals surface area (Å²) < 4.78 is 29.9. The van der Waals surface area contributed by atoms with Gasteiger partial charge in [-0.1, -0.05) is 26.7 Å². The van der Waals surface area contributed by atoms with E-state index in [1.807, 2.05) is 11.5 Å². The Hall–Kier alpha value is -0.850. The maximum absolute atomic E-state index is 12.5. The van der Waals surface area contributed by atoms with Crippen LogP contribution in [0.4, 0.5) is 0 Å². The van der Waals surface area contributed by atoms with E-state index in [4.69, 9.17) is 5.73 Å². The van der Waals surface area contributed by atoms with Crippen molar-refractivity contribution in [2.24, 2.45) is 11.7 Å². The first-order valence-corrected chi connectivity index (χ1v) is 9.34. The summed E-state index contributed by atoms with van der Waals surface area (Å²) in [7, 11) is -3.47. The lowest BCUT2D eigenvalue weighted by molar-refractivity contribution is 0.390. The minimum atomic E-state index is -3.47. The summed E-state index contributed by atoms with van der Waals surface area (Å²) in [6, 6.07) is 2.08. The van der Waals surface area contributed by atoms with Gasteiger partial charge in [0.1, 0.15) is 0 Å². The third-order valence-corrected chi connectivity index (χ3v) is 5.99. The maximum atomic E-state index is 12.5. The van der Waals surface area contributed by atoms with Crippen molar-refractivity contribution in [1.29, 1.82) is 0 Å². The molecular formula is C15H27N3O2S. The highest BCUT2D eigenvalue weighted by atomic mass is 32.2. The Morgan fingerprint density at radius 2 is 2.00 bits per heavy atom. The van der Waals surface area contributed by atoms with Crippen molar-refractivity contribution < 1.29 is 8.42 Å². The molecule has 1 aromatic rings. The predicted octanol–water partition coefficient (Wildman–Crippen LogP) is 2.38. The van der Waals surface area contributed by atoms with Crippen molar-refractivity contribution in [2.75, 3.05) is 0 Å². The number of hydrogen-bond donors (Lipinski definition) is 2. The molecule has 2 rings (SSSR count). The molecule has 0 aromatic carbocycles. The zero-order valence-corrected chi connectivity index (χ0v) is 14.0. The molecule has 0 spiro atoms. The SMILES string of the molecule is CCC(CC)C(C)NS(=O)(=O)c1cc(CN)n(C2CC2)c1. The van der Waals surface area contributed by atoms with Gasteiger partial charge in [-0.25, -0.2) is 13.1 Å². The lowest BCUT2D eigenvalue weighted by Gasteiger charge is -2.22. The van der Waals surface area contributed by atoms with Crippen molar-refractivity contribution in [3.05, 3.63) is 18.0 Å². The summed E-state index contributed by atoms with van der Waals surface area (Å²) in [6.45, 7) is 6.50. The fraction of sp³-hybridized carbons (Fsp3) is 0.733. The van der Waals surface area contributed by atoms with Crippen LogP contribution in [0.15, 0.2) is 17.2 Å². The van der Waals surface area contributed by atoms with E-state index in [1.54, 1.807) is 12.3 Å². The minimum Gasteiger partial charge on any atom is -0.346 e. The van der Waals surface area contributed by atoms with Crippen LogP contribution in [-0.4, -0.2) is 19.0 Å². The second kappa shape index (κ2) is 6.50. The molecular weight excluding hydrogens is 286 g/mol. The van der Waals surface area contributed by atoms with Crippen molar-refractivity contribution >= 4 is 10.0 Å². The molecule has 0 aliphatic heterocycles. The highest BCUT2D eigenvalue weighted by Gasteiger charge is 2.29. The van der Waals surface area contributed by atoms with Crippen LogP contribution in [0.3, 0.4) is 0 Å². The zero-order valence-electron chi connectivity index (χ0n) is 13.2. The fourth-order valence-corrected chi connectivity index (χ4v) is 4.27. The van der Waals surface area contributed by atoms with Gasteiger partial charge in [0.15, 0.2) is 0 Å². The van der Waals surface area contributed by atoms with Crippen LogP contribution in [0.25, 0.3) is 0 Å². The third-order valence-electron chi connectivity index (χ3n) is 4.46. The molecule has 1 fully saturated rings. The first-order valence-electron chi connectivity index (χ1n) is 7.86. The summed E-state index contributed by atoms with van der Waals surface area (Å²) >= 11 is 0. The lowest BCUT2D eigenvalue weighted by Crippen LogP contribution is -2.37. The first kappa shape index (κ1) is 16.5. The van der Waals surface area contributed by atoms with Gasteiger partial charge in [-0.3, -0.25) is 0 Å². The summed E-state index contributed by atoms with van der Waals surface area (Å²) in [6.07, 6.45) is 5.90. The number of hydrogen-bond acceptors (Lipinski definition) is 3. The van der Waals surface area contributed by atoms with Gasteiger partial charge >= 0.3 is 0 Å². The molecule has 1 aromatic heterocycles. The Labute approximate surface area is 128 Å². The number of nitrogens with one attached hydrogen (secondary N) is 1. The fourth-order valence-electron chi connectivity index (χ4n) is 2.90. The third kappa shape index (κ3) is 3.67. The molecule has 120 valence electrons. The molecule has 0 radical (unpaired) electrons. The van der Waals surface area contributed by atoms with Gasteiger partial charge in [0.05, 0.1) is 4.90 Å². The highest BCUT2D eigenvalue weighted by Crippen LogP contribution is 2.37. The van der Waals surface area contributed by atoms with E-state index in [0.29, 0.717) is 23.4 Å². The Balaban J connectivity index is 2.19. The van der Waals surface area contributed by atoms with Crippen molar-refractivity contribution in [1.82, 2.24) is 9.29 Å². The standard InChI is InChI=1S/C15H27N3O2S/c1-4-12(5-2)11(3)17-21(19,20)15-8-14(9-16)18(10-15)13-6-7-13/h8,10-13,17H,4-7,9,16H2,1-3H3. The summed E-state index contributed by atoms with van der Waals surface area (Å²) in [5.41, 5.74) is 6.63. The lowest BCUT2D eigenvalue weighted by atomic mass is 9.96. The van der Waals surface area contributed by atoms with Crippen LogP contribution >= 0.6 is 0 Å². The quantitative estimate of drug-likeness (QED) is 0.773.